The van der Waals surface area contributed by atoms with Gasteiger partial charge in [0.25, 0.3) is 0 Å². The van der Waals surface area contributed by atoms with Crippen LogP contribution in [0.25, 0.3) is 0 Å². The van der Waals surface area contributed by atoms with Gasteiger partial charge in [0.05, 0.1) is 5.68 Å². The van der Waals surface area contributed by atoms with E-state index in [9.17, 15) is 4.79 Å². The van der Waals surface area contributed by atoms with Gasteiger partial charge in [-0.1, -0.05) is 6.92 Å². The Hall–Kier alpha value is -0.240. The lowest BCUT2D eigenvalue weighted by Gasteiger charge is -1.97. The van der Waals surface area contributed by atoms with E-state index in [1.807, 2.05) is 0 Å². The molecule has 0 rings (SSSR count). The Bertz CT molecular complexity index is 75.3. The zero-order valence-corrected chi connectivity index (χ0v) is 4.22. The van der Waals surface area contributed by atoms with Crippen molar-refractivity contribution in [3.05, 3.63) is 0 Å². The van der Waals surface area contributed by atoms with Crippen LogP contribution in [0.15, 0.2) is 0 Å². The van der Waals surface area contributed by atoms with Gasteiger partial charge < -0.3 is 10.4 Å². The van der Waals surface area contributed by atoms with Crippen LogP contribution in [0.5, 0.6) is 0 Å². The van der Waals surface area contributed by atoms with Crippen molar-refractivity contribution >= 4 is 20.9 Å². The second kappa shape index (κ2) is 2.86. The lowest BCUT2D eigenvalue weighted by Crippen LogP contribution is -2.18. The zero-order chi connectivity index (χ0) is 5.86. The van der Waals surface area contributed by atoms with E-state index in [4.69, 9.17) is 13.5 Å². The predicted octanol–water partition coefficient (Wildman–Crippen LogP) is -0.932. The molecule has 0 aliphatic heterocycles. The molecule has 1 unspecified atom stereocenters. The largest absolute Gasteiger partial charge is 0.374 e. The first-order valence-electron chi connectivity index (χ1n) is 2.03. The quantitative estimate of drug-likeness (QED) is 0.449. The summed E-state index contributed by atoms with van der Waals surface area (Å²) in [6.45, 7) is 1.64. The number of hydrogen-bond acceptors (Lipinski definition) is 2. The molecule has 0 aromatic carbocycles. The van der Waals surface area contributed by atoms with Gasteiger partial charge in [0.2, 0.25) is 7.41 Å². The van der Waals surface area contributed by atoms with Gasteiger partial charge in [-0.25, -0.2) is 0 Å². The molecule has 0 spiro atoms. The van der Waals surface area contributed by atoms with E-state index in [1.54, 1.807) is 6.92 Å². The molecule has 1 atom stereocenters. The molecule has 0 bridgehead atoms. The summed E-state index contributed by atoms with van der Waals surface area (Å²) >= 11 is 0. The highest BCUT2D eigenvalue weighted by Crippen LogP contribution is 1.93. The standard InChI is InChI=1S/C3H6B2NO/c1-2(5-6)3(4)7/h2H,6H2,1H3. The molecule has 7 heavy (non-hydrogen) atoms. The van der Waals surface area contributed by atoms with Crippen molar-refractivity contribution in [3.8, 4) is 0 Å². The van der Waals surface area contributed by atoms with Gasteiger partial charge in [0, 0.05) is 0 Å². The Morgan fingerprint density at radius 2 is 2.43 bits per heavy atom. The van der Waals surface area contributed by atoms with Crippen LogP contribution in [0, 0.1) is 0 Å². The van der Waals surface area contributed by atoms with E-state index in [0.29, 0.717) is 0 Å². The summed E-state index contributed by atoms with van der Waals surface area (Å²) in [7, 11) is 6.06. The molecule has 0 saturated carbocycles. The molecule has 0 aliphatic rings. The average Bonchev–Trinajstić information content (AvgIpc) is 1.65. The monoisotopic (exact) mass is 94.1 g/mol. The summed E-state index contributed by atoms with van der Waals surface area (Å²) in [4.78, 5) is 10.0. The van der Waals surface area contributed by atoms with Gasteiger partial charge in [-0.05, 0) is 5.82 Å². The molecule has 0 fully saturated rings. The van der Waals surface area contributed by atoms with Crippen LogP contribution in [0.3, 0.4) is 0 Å². The Morgan fingerprint density at radius 3 is 2.43 bits per heavy atom. The number of hydrogen-bond donors (Lipinski definition) is 1. The molecule has 0 aliphatic carbocycles. The third-order valence-electron chi connectivity index (χ3n) is 0.737. The Kier molecular flexibility index (Phi) is 2.76. The van der Waals surface area contributed by atoms with E-state index in [1.165, 1.54) is 7.41 Å². The molecule has 0 saturated heterocycles. The van der Waals surface area contributed by atoms with Crippen molar-refractivity contribution in [2.24, 2.45) is 5.64 Å². The number of nitrogens with two attached hydrogens (primary N) is 1. The van der Waals surface area contributed by atoms with Crippen molar-refractivity contribution in [1.82, 2.24) is 0 Å². The SMILES string of the molecule is [B]C(=O)C(C)[B]N. The van der Waals surface area contributed by atoms with Crippen molar-refractivity contribution in [3.63, 3.8) is 0 Å². The molecular formula is C3H6B2NO. The third-order valence-corrected chi connectivity index (χ3v) is 0.737. The second-order valence-corrected chi connectivity index (χ2v) is 1.38. The van der Waals surface area contributed by atoms with E-state index < -0.39 is 0 Å². The van der Waals surface area contributed by atoms with Gasteiger partial charge >= 0.3 is 0 Å². The highest BCUT2D eigenvalue weighted by atomic mass is 16.1. The van der Waals surface area contributed by atoms with Crippen LogP contribution < -0.4 is 5.64 Å². The summed E-state index contributed by atoms with van der Waals surface area (Å²) in [5.41, 5.74) is 4.56. The summed E-state index contributed by atoms with van der Waals surface area (Å²) in [5, 5.41) is 0. The van der Waals surface area contributed by atoms with Gasteiger partial charge in [-0.3, -0.25) is 0 Å². The summed E-state index contributed by atoms with van der Waals surface area (Å²) in [6, 6.07) is 0. The Balaban J connectivity index is 3.34. The minimum atomic E-state index is -0.387. The van der Waals surface area contributed by atoms with Crippen molar-refractivity contribution in [2.75, 3.05) is 0 Å². The number of carbonyl (C=O) groups excluding carboxylic acids is 1. The Labute approximate surface area is 45.1 Å². The van der Waals surface area contributed by atoms with Gasteiger partial charge in [0.1, 0.15) is 0 Å². The molecule has 3 radical (unpaired) electrons. The van der Waals surface area contributed by atoms with Crippen LogP contribution >= 0.6 is 0 Å². The minimum absolute atomic E-state index is 0.306. The van der Waals surface area contributed by atoms with E-state index >= 15 is 0 Å². The van der Waals surface area contributed by atoms with Crippen molar-refractivity contribution in [2.45, 2.75) is 12.7 Å². The average molecular weight is 93.7 g/mol. The molecule has 4 heteroatoms. The van der Waals surface area contributed by atoms with E-state index in [2.05, 4.69) is 0 Å². The lowest BCUT2D eigenvalue weighted by atomic mass is 9.70. The van der Waals surface area contributed by atoms with Crippen LogP contribution in [-0.4, -0.2) is 20.9 Å². The molecule has 35 valence electrons. The van der Waals surface area contributed by atoms with Crippen molar-refractivity contribution < 1.29 is 4.79 Å². The predicted molar refractivity (Wildman–Crippen MR) is 30.1 cm³/mol. The molecular weight excluding hydrogens is 87.7 g/mol. The molecule has 0 aromatic heterocycles. The first kappa shape index (κ1) is 6.76. The first-order valence-corrected chi connectivity index (χ1v) is 2.03. The second-order valence-electron chi connectivity index (χ2n) is 1.38. The maximum atomic E-state index is 10.0. The zero-order valence-electron chi connectivity index (χ0n) is 4.22. The summed E-state index contributed by atoms with van der Waals surface area (Å²) in [5.74, 6) is -0.306. The van der Waals surface area contributed by atoms with E-state index in [-0.39, 0.29) is 11.5 Å². The summed E-state index contributed by atoms with van der Waals surface area (Å²) in [6.07, 6.45) is 0. The minimum Gasteiger partial charge on any atom is -0.374 e. The van der Waals surface area contributed by atoms with Crippen LogP contribution in [0.4, 0.5) is 0 Å². The topological polar surface area (TPSA) is 43.1 Å². The van der Waals surface area contributed by atoms with Crippen LogP contribution in [0.2, 0.25) is 5.82 Å². The number of rotatable bonds is 2. The van der Waals surface area contributed by atoms with Gasteiger partial charge in [-0.2, -0.15) is 0 Å². The summed E-state index contributed by atoms with van der Waals surface area (Å²) < 4.78 is 0. The molecule has 2 nitrogen and oxygen atoms in total. The number of carbonyl (C=O) groups is 1. The van der Waals surface area contributed by atoms with Crippen molar-refractivity contribution in [1.29, 1.82) is 0 Å². The lowest BCUT2D eigenvalue weighted by molar-refractivity contribution is -0.111. The molecule has 0 aromatic rings. The third kappa shape index (κ3) is 2.45. The van der Waals surface area contributed by atoms with E-state index in [0.717, 1.165) is 0 Å². The fourth-order valence-electron chi connectivity index (χ4n) is 0.0948. The first-order chi connectivity index (χ1) is 3.18. The fourth-order valence-corrected chi connectivity index (χ4v) is 0.0948. The normalized spacial score (nSPS) is 12.9. The van der Waals surface area contributed by atoms with Gasteiger partial charge in [0.15, 0.2) is 7.85 Å². The Morgan fingerprint density at radius 1 is 2.00 bits per heavy atom. The maximum Gasteiger partial charge on any atom is 0.212 e. The van der Waals surface area contributed by atoms with Crippen LogP contribution in [-0.2, 0) is 4.79 Å². The van der Waals surface area contributed by atoms with Crippen LogP contribution in [0.1, 0.15) is 6.92 Å². The fraction of sp³-hybridized carbons (Fsp3) is 0.667. The van der Waals surface area contributed by atoms with Gasteiger partial charge in [-0.15, -0.1) is 0 Å². The maximum absolute atomic E-state index is 10.0. The molecule has 0 heterocycles. The highest BCUT2D eigenvalue weighted by Gasteiger charge is 2.03. The molecule has 2 N–H and O–H groups in total. The molecule has 0 amide bonds. The highest BCUT2D eigenvalue weighted by molar-refractivity contribution is 6.65. The smallest absolute Gasteiger partial charge is 0.212 e.